The maximum Gasteiger partial charge on any atom is 0.328 e. The van der Waals surface area contributed by atoms with Crippen molar-refractivity contribution < 1.29 is 30.6 Å². The normalized spacial score (nSPS) is 19.1. The summed E-state index contributed by atoms with van der Waals surface area (Å²) in [5.41, 5.74) is 7.96. The van der Waals surface area contributed by atoms with Gasteiger partial charge in [-0.05, 0) is 30.4 Å². The van der Waals surface area contributed by atoms with Crippen molar-refractivity contribution in [2.45, 2.75) is 56.6 Å². The maximum atomic E-state index is 14.0. The first kappa shape index (κ1) is 25.7. The van der Waals surface area contributed by atoms with Gasteiger partial charge in [0.05, 0.1) is 5.75 Å². The second kappa shape index (κ2) is 9.52. The number of para-hydroxylation sites is 1. The molecule has 174 valence electrons. The maximum absolute atomic E-state index is 14.0. The molecule has 1 unspecified atom stereocenters. The van der Waals surface area contributed by atoms with Crippen molar-refractivity contribution in [3.63, 3.8) is 0 Å². The van der Waals surface area contributed by atoms with Gasteiger partial charge in [0.1, 0.15) is 9.64 Å². The van der Waals surface area contributed by atoms with Crippen molar-refractivity contribution >= 4 is 32.0 Å². The Kier molecular flexibility index (Phi) is 7.65. The molecule has 10 heteroatoms. The molecule has 1 aromatic rings. The molecule has 0 saturated carbocycles. The molecule has 1 aromatic carbocycles. The van der Waals surface area contributed by atoms with E-state index in [2.05, 4.69) is 4.79 Å². The average Bonchev–Trinajstić information content (AvgIpc) is 2.71. The summed E-state index contributed by atoms with van der Waals surface area (Å²) in [6.07, 6.45) is 6.06. The van der Waals surface area contributed by atoms with Gasteiger partial charge in [0.2, 0.25) is 0 Å². The lowest BCUT2D eigenvalue weighted by atomic mass is 9.75. The van der Waals surface area contributed by atoms with Crippen LogP contribution in [0.4, 0.5) is 0 Å². The van der Waals surface area contributed by atoms with Gasteiger partial charge < -0.3 is 9.71 Å². The van der Waals surface area contributed by atoms with Crippen LogP contribution in [0, 0.1) is 5.41 Å². The molecule has 0 aromatic heterocycles. The summed E-state index contributed by atoms with van der Waals surface area (Å²) in [6.45, 7) is 7.11. The Hall–Kier alpha value is -2.55. The minimum absolute atomic E-state index is 0.0351. The number of hydrogen-bond acceptors (Lipinski definition) is 6. The third-order valence-electron chi connectivity index (χ3n) is 5.47. The summed E-state index contributed by atoms with van der Waals surface area (Å²) < 4.78 is 56.4. The van der Waals surface area contributed by atoms with E-state index in [-0.39, 0.29) is 28.4 Å². The molecule has 8 nitrogen and oxygen atoms in total. The van der Waals surface area contributed by atoms with Crippen LogP contribution in [0.5, 0.6) is 5.75 Å². The van der Waals surface area contributed by atoms with Crippen LogP contribution < -0.4 is 4.18 Å². The zero-order chi connectivity index (χ0) is 24.2. The molecule has 2 rings (SSSR count). The monoisotopic (exact) mass is 480 g/mol. The first-order valence-corrected chi connectivity index (χ1v) is 13.2. The molecule has 0 fully saturated rings. The number of sulfone groups is 1. The van der Waals surface area contributed by atoms with Crippen molar-refractivity contribution in [2.75, 3.05) is 5.75 Å². The standard InChI is InChI=1S/C22H28N2O6S2/c1-5-6-15-31(26,27)30-19-9-7-8-10-20(19)32(28,29)22(21(2,3)4)13-11-17(12-14-22)18(25)16-24-23/h7-13,16H,5-6,14-15H2,1-4H3. The van der Waals surface area contributed by atoms with E-state index in [0.29, 0.717) is 12.8 Å². The molecule has 0 aliphatic heterocycles. The number of carbonyl (C=O) groups excluding carboxylic acids is 1. The molecule has 1 aliphatic carbocycles. The smallest absolute Gasteiger partial charge is 0.328 e. The molecule has 0 N–H and O–H groups in total. The van der Waals surface area contributed by atoms with E-state index in [4.69, 9.17) is 9.71 Å². The van der Waals surface area contributed by atoms with Crippen LogP contribution in [0.1, 0.15) is 47.0 Å². The van der Waals surface area contributed by atoms with Crippen LogP contribution in [0.2, 0.25) is 0 Å². The predicted octanol–water partition coefficient (Wildman–Crippen LogP) is 3.51. The van der Waals surface area contributed by atoms with Gasteiger partial charge in [0, 0.05) is 5.57 Å². The van der Waals surface area contributed by atoms with Gasteiger partial charge in [-0.2, -0.15) is 13.2 Å². The fraction of sp³-hybridized carbons (Fsp3) is 0.455. The van der Waals surface area contributed by atoms with Crippen molar-refractivity contribution in [1.82, 2.24) is 0 Å². The third kappa shape index (κ3) is 5.09. The van der Waals surface area contributed by atoms with Gasteiger partial charge in [-0.15, -0.1) is 0 Å². The molecule has 0 heterocycles. The Balaban J connectivity index is 2.59. The van der Waals surface area contributed by atoms with E-state index in [0.717, 1.165) is 6.21 Å². The van der Waals surface area contributed by atoms with Crippen LogP contribution in [-0.4, -0.2) is 44.1 Å². The lowest BCUT2D eigenvalue weighted by Crippen LogP contribution is -2.49. The molecule has 1 aliphatic rings. The Labute approximate surface area is 189 Å². The van der Waals surface area contributed by atoms with Crippen LogP contribution in [0.25, 0.3) is 5.53 Å². The van der Waals surface area contributed by atoms with E-state index in [9.17, 15) is 21.6 Å². The fourth-order valence-corrected chi connectivity index (χ4v) is 7.11. The van der Waals surface area contributed by atoms with Gasteiger partial charge in [-0.3, -0.25) is 4.79 Å². The second-order valence-electron chi connectivity index (χ2n) is 8.59. The van der Waals surface area contributed by atoms with Crippen molar-refractivity contribution in [2.24, 2.45) is 5.41 Å². The van der Waals surface area contributed by atoms with E-state index >= 15 is 0 Å². The number of benzene rings is 1. The Morgan fingerprint density at radius 2 is 1.88 bits per heavy atom. The van der Waals surface area contributed by atoms with Crippen molar-refractivity contribution in [3.05, 3.63) is 53.6 Å². The zero-order valence-corrected chi connectivity index (χ0v) is 20.2. The lowest BCUT2D eigenvalue weighted by molar-refractivity contribution is -0.112. The Bertz CT molecular complexity index is 1200. The molecule has 0 amide bonds. The average molecular weight is 481 g/mol. The number of allylic oxidation sites excluding steroid dienone is 3. The van der Waals surface area contributed by atoms with Crippen molar-refractivity contribution in [3.8, 4) is 5.75 Å². The number of hydrogen-bond donors (Lipinski definition) is 0. The molecular weight excluding hydrogens is 452 g/mol. The summed E-state index contributed by atoms with van der Waals surface area (Å²) in [7, 11) is -8.15. The highest BCUT2D eigenvalue weighted by Gasteiger charge is 2.52. The Morgan fingerprint density at radius 1 is 1.22 bits per heavy atom. The van der Waals surface area contributed by atoms with Crippen LogP contribution in [-0.2, 0) is 24.7 Å². The van der Waals surface area contributed by atoms with E-state index in [1.807, 2.05) is 6.92 Å². The molecule has 1 atom stereocenters. The van der Waals surface area contributed by atoms with Gasteiger partial charge in [0.15, 0.2) is 15.6 Å². The number of carbonyl (C=O) groups is 1. The van der Waals surface area contributed by atoms with Gasteiger partial charge in [-0.25, -0.2) is 8.42 Å². The van der Waals surface area contributed by atoms with Crippen LogP contribution >= 0.6 is 0 Å². The van der Waals surface area contributed by atoms with Gasteiger partial charge >= 0.3 is 16.3 Å². The first-order valence-electron chi connectivity index (χ1n) is 10.2. The molecule has 0 bridgehead atoms. The predicted molar refractivity (Wildman–Crippen MR) is 122 cm³/mol. The summed E-state index contributed by atoms with van der Waals surface area (Å²) in [5, 5.41) is 0. The topological polar surface area (TPSA) is 131 Å². The number of nitrogens with zero attached hydrogens (tertiary/aromatic N) is 2. The minimum atomic E-state index is -4.18. The van der Waals surface area contributed by atoms with Gasteiger partial charge in [0.25, 0.3) is 5.78 Å². The highest BCUT2D eigenvalue weighted by atomic mass is 32.2. The molecular formula is C22H28N2O6S2. The third-order valence-corrected chi connectivity index (χ3v) is 9.48. The second-order valence-corrected chi connectivity index (χ2v) is 12.5. The van der Waals surface area contributed by atoms with E-state index < -0.39 is 35.9 Å². The quantitative estimate of drug-likeness (QED) is 0.230. The van der Waals surface area contributed by atoms with Gasteiger partial charge in [-0.1, -0.05) is 64.5 Å². The molecule has 0 saturated heterocycles. The molecule has 32 heavy (non-hydrogen) atoms. The van der Waals surface area contributed by atoms with Crippen molar-refractivity contribution in [1.29, 1.82) is 0 Å². The lowest BCUT2D eigenvalue weighted by Gasteiger charge is -2.42. The largest absolute Gasteiger partial charge is 0.381 e. The zero-order valence-electron chi connectivity index (χ0n) is 18.6. The SMILES string of the molecule is CCCCS(=O)(=O)Oc1ccccc1S(=O)(=O)C1(C(C)(C)C)C=CC(C(=O)C=[N+]=[N-])=CC1. The summed E-state index contributed by atoms with van der Waals surface area (Å²) in [5.74, 6) is -1.03. The number of rotatable bonds is 9. The highest BCUT2D eigenvalue weighted by Crippen LogP contribution is 2.48. The highest BCUT2D eigenvalue weighted by molar-refractivity contribution is 7.93. The van der Waals surface area contributed by atoms with E-state index in [1.165, 1.54) is 42.5 Å². The number of ketones is 1. The number of unbranched alkanes of at least 4 members (excludes halogenated alkanes) is 1. The molecule has 0 radical (unpaired) electrons. The Morgan fingerprint density at radius 3 is 2.41 bits per heavy atom. The van der Waals surface area contributed by atoms with E-state index in [1.54, 1.807) is 20.8 Å². The minimum Gasteiger partial charge on any atom is -0.381 e. The van der Waals surface area contributed by atoms with Crippen LogP contribution in [0.15, 0.2) is 53.0 Å². The summed E-state index contributed by atoms with van der Waals surface area (Å²) in [6, 6.07) is 5.66. The summed E-state index contributed by atoms with van der Waals surface area (Å²) >= 11 is 0. The first-order chi connectivity index (χ1) is 14.8. The number of Topliss-reactive ketones (excluding diaryl/α,β-unsaturated/α-hetero) is 1. The van der Waals surface area contributed by atoms with Crippen LogP contribution in [0.3, 0.4) is 0 Å². The fourth-order valence-electron chi connectivity index (χ4n) is 3.53. The molecule has 0 spiro atoms. The summed E-state index contributed by atoms with van der Waals surface area (Å²) in [4.78, 5) is 14.5.